The van der Waals surface area contributed by atoms with Gasteiger partial charge in [0.05, 0.1) is 0 Å². The molecule has 0 aromatic heterocycles. The molecule has 20 heavy (non-hydrogen) atoms. The summed E-state index contributed by atoms with van der Waals surface area (Å²) in [6.45, 7) is 0.919. The highest BCUT2D eigenvalue weighted by Gasteiger charge is 2.23. The molecule has 5 heteroatoms. The zero-order valence-electron chi connectivity index (χ0n) is 11.7. The summed E-state index contributed by atoms with van der Waals surface area (Å²) in [5.41, 5.74) is 0. The second-order valence-corrected chi connectivity index (χ2v) is 7.25. The summed E-state index contributed by atoms with van der Waals surface area (Å²) in [6, 6.07) is 8.22. The monoisotopic (exact) mass is 359 g/mol. The first-order valence-corrected chi connectivity index (χ1v) is 9.08. The first kappa shape index (κ1) is 16.1. The Hall–Kier alpha value is -0.230. The van der Waals surface area contributed by atoms with E-state index >= 15 is 0 Å². The Bertz CT molecular complexity index is 419. The van der Waals surface area contributed by atoms with Crippen LogP contribution < -0.4 is 10.1 Å². The van der Waals surface area contributed by atoms with Gasteiger partial charge in [-0.15, -0.1) is 0 Å². The number of hydrogen-bond donors (Lipinski definition) is 2. The van der Waals surface area contributed by atoms with Crippen molar-refractivity contribution in [2.45, 2.75) is 36.7 Å². The van der Waals surface area contributed by atoms with Gasteiger partial charge < -0.3 is 15.2 Å². The normalized spacial score (nSPS) is 23.8. The van der Waals surface area contributed by atoms with Gasteiger partial charge >= 0.3 is 0 Å². The molecular weight excluding hydrogens is 338 g/mol. The molecule has 2 N–H and O–H groups in total. The lowest BCUT2D eigenvalue weighted by molar-refractivity contribution is 0.104. The van der Waals surface area contributed by atoms with E-state index in [1.54, 1.807) is 0 Å². The Morgan fingerprint density at radius 3 is 3.05 bits per heavy atom. The number of ether oxygens (including phenoxy) is 1. The van der Waals surface area contributed by atoms with E-state index in [0.717, 1.165) is 15.5 Å². The maximum absolute atomic E-state index is 9.96. The molecule has 0 aliphatic heterocycles. The zero-order chi connectivity index (χ0) is 14.4. The number of aliphatic hydroxyl groups excluding tert-OH is 1. The van der Waals surface area contributed by atoms with Gasteiger partial charge in [-0.25, -0.2) is 0 Å². The summed E-state index contributed by atoms with van der Waals surface area (Å²) in [7, 11) is 0. The highest BCUT2D eigenvalue weighted by molar-refractivity contribution is 9.10. The van der Waals surface area contributed by atoms with E-state index in [4.69, 9.17) is 4.74 Å². The van der Waals surface area contributed by atoms with Gasteiger partial charge in [0.1, 0.15) is 18.5 Å². The Labute approximate surface area is 133 Å². The van der Waals surface area contributed by atoms with Crippen LogP contribution >= 0.6 is 27.7 Å². The average molecular weight is 360 g/mol. The molecule has 1 aromatic carbocycles. The minimum atomic E-state index is -0.470. The van der Waals surface area contributed by atoms with Gasteiger partial charge in [-0.05, 0) is 43.7 Å². The topological polar surface area (TPSA) is 41.5 Å². The predicted octanol–water partition coefficient (Wildman–Crippen LogP) is 3.06. The molecule has 3 unspecified atom stereocenters. The largest absolute Gasteiger partial charge is 0.491 e. The van der Waals surface area contributed by atoms with Crippen LogP contribution in [0.2, 0.25) is 0 Å². The fraction of sp³-hybridized carbons (Fsp3) is 0.600. The fourth-order valence-corrected chi connectivity index (χ4v) is 3.63. The van der Waals surface area contributed by atoms with Crippen molar-refractivity contribution in [3.63, 3.8) is 0 Å². The third-order valence-electron chi connectivity index (χ3n) is 3.60. The summed E-state index contributed by atoms with van der Waals surface area (Å²) < 4.78 is 6.57. The van der Waals surface area contributed by atoms with E-state index in [1.165, 1.54) is 19.3 Å². The summed E-state index contributed by atoms with van der Waals surface area (Å²) in [4.78, 5) is 0. The maximum Gasteiger partial charge on any atom is 0.120 e. The second-order valence-electron chi connectivity index (χ2n) is 5.20. The minimum absolute atomic E-state index is 0.322. The molecule has 3 nitrogen and oxygen atoms in total. The molecule has 1 aromatic rings. The fourth-order valence-electron chi connectivity index (χ4n) is 2.45. The van der Waals surface area contributed by atoms with Crippen LogP contribution in [0.4, 0.5) is 0 Å². The molecule has 112 valence electrons. The van der Waals surface area contributed by atoms with E-state index in [9.17, 15) is 5.11 Å². The molecule has 0 spiro atoms. The average Bonchev–Trinajstić information content (AvgIpc) is 2.91. The van der Waals surface area contributed by atoms with E-state index in [0.29, 0.717) is 19.2 Å². The minimum Gasteiger partial charge on any atom is -0.491 e. The van der Waals surface area contributed by atoms with E-state index in [-0.39, 0.29) is 0 Å². The number of hydrogen-bond acceptors (Lipinski definition) is 4. The first-order valence-electron chi connectivity index (χ1n) is 7.00. The third-order valence-corrected chi connectivity index (χ3v) is 5.19. The highest BCUT2D eigenvalue weighted by atomic mass is 79.9. The van der Waals surface area contributed by atoms with Gasteiger partial charge in [0.15, 0.2) is 0 Å². The molecular formula is C15H22BrNO2S. The van der Waals surface area contributed by atoms with Crippen LogP contribution in [-0.4, -0.2) is 41.9 Å². The van der Waals surface area contributed by atoms with Crippen molar-refractivity contribution in [2.75, 3.05) is 19.4 Å². The SMILES string of the molecule is CSC1CCC(NCC(O)COc2cccc(Br)c2)C1. The molecule has 0 amide bonds. The van der Waals surface area contributed by atoms with Crippen molar-refractivity contribution in [1.29, 1.82) is 0 Å². The summed E-state index contributed by atoms with van der Waals surface area (Å²) in [6.07, 6.45) is 5.41. The Kier molecular flexibility index (Phi) is 6.68. The number of nitrogens with one attached hydrogen (secondary N) is 1. The van der Waals surface area contributed by atoms with Crippen molar-refractivity contribution < 1.29 is 9.84 Å². The van der Waals surface area contributed by atoms with Crippen molar-refractivity contribution in [2.24, 2.45) is 0 Å². The second kappa shape index (κ2) is 8.27. The van der Waals surface area contributed by atoms with Crippen LogP contribution in [0.5, 0.6) is 5.75 Å². The van der Waals surface area contributed by atoms with E-state index < -0.39 is 6.10 Å². The molecule has 1 saturated carbocycles. The number of halogens is 1. The van der Waals surface area contributed by atoms with Gasteiger partial charge in [0, 0.05) is 22.3 Å². The van der Waals surface area contributed by atoms with Crippen LogP contribution in [0.15, 0.2) is 28.7 Å². The quantitative estimate of drug-likeness (QED) is 0.784. The summed E-state index contributed by atoms with van der Waals surface area (Å²) >= 11 is 5.35. The molecule has 0 heterocycles. The molecule has 0 radical (unpaired) electrons. The molecule has 2 rings (SSSR count). The maximum atomic E-state index is 9.96. The van der Waals surface area contributed by atoms with Crippen LogP contribution in [0.3, 0.4) is 0 Å². The van der Waals surface area contributed by atoms with Crippen LogP contribution in [0.1, 0.15) is 19.3 Å². The zero-order valence-corrected chi connectivity index (χ0v) is 14.1. The van der Waals surface area contributed by atoms with Crippen molar-refractivity contribution in [1.82, 2.24) is 5.32 Å². The first-order chi connectivity index (χ1) is 9.67. The summed E-state index contributed by atoms with van der Waals surface area (Å²) in [5.74, 6) is 0.779. The molecule has 1 aliphatic rings. The Balaban J connectivity index is 1.64. The van der Waals surface area contributed by atoms with E-state index in [2.05, 4.69) is 27.5 Å². The number of thioether (sulfide) groups is 1. The number of aliphatic hydroxyl groups is 1. The lowest BCUT2D eigenvalue weighted by atomic mass is 10.2. The van der Waals surface area contributed by atoms with Gasteiger partial charge in [0.25, 0.3) is 0 Å². The Morgan fingerprint density at radius 2 is 2.35 bits per heavy atom. The van der Waals surface area contributed by atoms with Gasteiger partial charge in [-0.2, -0.15) is 11.8 Å². The van der Waals surface area contributed by atoms with Crippen LogP contribution in [-0.2, 0) is 0 Å². The van der Waals surface area contributed by atoms with Crippen molar-refractivity contribution in [3.05, 3.63) is 28.7 Å². The number of benzene rings is 1. The van der Waals surface area contributed by atoms with E-state index in [1.807, 2.05) is 36.0 Å². The van der Waals surface area contributed by atoms with Gasteiger partial charge in [-0.3, -0.25) is 0 Å². The summed E-state index contributed by atoms with van der Waals surface area (Å²) in [5, 5.41) is 14.2. The molecule has 1 fully saturated rings. The van der Waals surface area contributed by atoms with Gasteiger partial charge in [0.2, 0.25) is 0 Å². The van der Waals surface area contributed by atoms with Crippen molar-refractivity contribution in [3.8, 4) is 5.75 Å². The number of rotatable bonds is 7. The standard InChI is InChI=1S/C15H22BrNO2S/c1-20-15-6-5-12(8-15)17-9-13(18)10-19-14-4-2-3-11(16)7-14/h2-4,7,12-13,15,17-18H,5-6,8-10H2,1H3. The predicted molar refractivity (Wildman–Crippen MR) is 88.6 cm³/mol. The van der Waals surface area contributed by atoms with Crippen molar-refractivity contribution >= 4 is 27.7 Å². The highest BCUT2D eigenvalue weighted by Crippen LogP contribution is 2.28. The lowest BCUT2D eigenvalue weighted by Crippen LogP contribution is -2.37. The van der Waals surface area contributed by atoms with Crippen LogP contribution in [0.25, 0.3) is 0 Å². The Morgan fingerprint density at radius 1 is 1.50 bits per heavy atom. The molecule has 3 atom stereocenters. The lowest BCUT2D eigenvalue weighted by Gasteiger charge is -2.17. The van der Waals surface area contributed by atoms with Crippen LogP contribution in [0, 0.1) is 0 Å². The third kappa shape index (κ3) is 5.28. The molecule has 0 saturated heterocycles. The molecule has 1 aliphatic carbocycles. The molecule has 0 bridgehead atoms. The smallest absolute Gasteiger partial charge is 0.120 e. The van der Waals surface area contributed by atoms with Gasteiger partial charge in [-0.1, -0.05) is 22.0 Å².